The molecule has 14 heavy (non-hydrogen) atoms. The Labute approximate surface area is 86.8 Å². The maximum absolute atomic E-state index is 9.74. The summed E-state index contributed by atoms with van der Waals surface area (Å²) >= 11 is 0. The Morgan fingerprint density at radius 3 is 2.57 bits per heavy atom. The first-order valence-corrected chi connectivity index (χ1v) is 5.52. The van der Waals surface area contributed by atoms with E-state index < -0.39 is 0 Å². The molecule has 3 nitrogen and oxygen atoms in total. The standard InChI is InChI=1S/C11H23NO2/c1-11(2,14-3)8-12-9-6-4-5-7-10(9)13/h9-10,12-13H,4-8H2,1-3H3/t9-,10-/m0/s1. The normalized spacial score (nSPS) is 29.1. The monoisotopic (exact) mass is 201 g/mol. The molecule has 84 valence electrons. The van der Waals surface area contributed by atoms with Crippen molar-refractivity contribution >= 4 is 0 Å². The fourth-order valence-corrected chi connectivity index (χ4v) is 1.80. The van der Waals surface area contributed by atoms with Crippen LogP contribution >= 0.6 is 0 Å². The lowest BCUT2D eigenvalue weighted by Gasteiger charge is -2.32. The second-order valence-electron chi connectivity index (χ2n) is 4.80. The largest absolute Gasteiger partial charge is 0.392 e. The van der Waals surface area contributed by atoms with Crippen LogP contribution in [0.1, 0.15) is 39.5 Å². The molecule has 0 bridgehead atoms. The molecule has 0 heterocycles. The molecular formula is C11H23NO2. The summed E-state index contributed by atoms with van der Waals surface area (Å²) in [5.74, 6) is 0. The summed E-state index contributed by atoms with van der Waals surface area (Å²) < 4.78 is 5.32. The van der Waals surface area contributed by atoms with Gasteiger partial charge in [0.1, 0.15) is 0 Å². The molecule has 0 spiro atoms. The zero-order chi connectivity index (χ0) is 10.6. The van der Waals surface area contributed by atoms with Crippen LogP contribution < -0.4 is 5.32 Å². The molecule has 2 atom stereocenters. The van der Waals surface area contributed by atoms with E-state index in [1.165, 1.54) is 6.42 Å². The quantitative estimate of drug-likeness (QED) is 0.720. The zero-order valence-corrected chi connectivity index (χ0v) is 9.55. The lowest BCUT2D eigenvalue weighted by molar-refractivity contribution is 0.0110. The molecule has 0 amide bonds. The molecule has 3 heteroatoms. The summed E-state index contributed by atoms with van der Waals surface area (Å²) in [4.78, 5) is 0. The number of ether oxygens (including phenoxy) is 1. The third kappa shape index (κ3) is 3.56. The van der Waals surface area contributed by atoms with Crippen LogP contribution in [0, 0.1) is 0 Å². The number of methoxy groups -OCH3 is 1. The van der Waals surface area contributed by atoms with Crippen LogP contribution in [-0.2, 0) is 4.74 Å². The molecule has 2 N–H and O–H groups in total. The van der Waals surface area contributed by atoms with Crippen molar-refractivity contribution in [3.8, 4) is 0 Å². The third-order valence-electron chi connectivity index (χ3n) is 3.07. The van der Waals surface area contributed by atoms with Crippen molar-refractivity contribution in [2.75, 3.05) is 13.7 Å². The van der Waals surface area contributed by atoms with Gasteiger partial charge in [-0.3, -0.25) is 0 Å². The van der Waals surface area contributed by atoms with Gasteiger partial charge in [-0.1, -0.05) is 12.8 Å². The number of aliphatic hydroxyl groups excluding tert-OH is 1. The minimum absolute atomic E-state index is 0.142. The van der Waals surface area contributed by atoms with E-state index in [4.69, 9.17) is 4.74 Å². The summed E-state index contributed by atoms with van der Waals surface area (Å²) in [7, 11) is 1.72. The summed E-state index contributed by atoms with van der Waals surface area (Å²) in [5, 5.41) is 13.1. The van der Waals surface area contributed by atoms with Crippen LogP contribution in [-0.4, -0.2) is 36.5 Å². The van der Waals surface area contributed by atoms with Gasteiger partial charge in [0.15, 0.2) is 0 Å². The Kier molecular flexibility index (Phi) is 4.35. The number of hydrogen-bond acceptors (Lipinski definition) is 3. The van der Waals surface area contributed by atoms with E-state index in [2.05, 4.69) is 19.2 Å². The van der Waals surface area contributed by atoms with Crippen LogP contribution in [0.4, 0.5) is 0 Å². The molecule has 1 rings (SSSR count). The van der Waals surface area contributed by atoms with Gasteiger partial charge in [-0.05, 0) is 26.7 Å². The highest BCUT2D eigenvalue weighted by Gasteiger charge is 2.25. The molecule has 0 aliphatic heterocycles. The van der Waals surface area contributed by atoms with Crippen molar-refractivity contribution in [2.45, 2.75) is 57.3 Å². The van der Waals surface area contributed by atoms with Crippen molar-refractivity contribution in [2.24, 2.45) is 0 Å². The van der Waals surface area contributed by atoms with Crippen molar-refractivity contribution in [3.63, 3.8) is 0 Å². The predicted molar refractivity (Wildman–Crippen MR) is 57.4 cm³/mol. The predicted octanol–water partition coefficient (Wildman–Crippen LogP) is 1.30. The molecule has 0 aromatic rings. The SMILES string of the molecule is COC(C)(C)CN[C@H]1CCCC[C@@H]1O. The van der Waals surface area contributed by atoms with E-state index in [0.717, 1.165) is 25.8 Å². The molecular weight excluding hydrogens is 178 g/mol. The highest BCUT2D eigenvalue weighted by molar-refractivity contribution is 4.83. The second kappa shape index (κ2) is 5.10. The number of rotatable bonds is 4. The average Bonchev–Trinajstić information content (AvgIpc) is 2.17. The van der Waals surface area contributed by atoms with Gasteiger partial charge in [0.2, 0.25) is 0 Å². The van der Waals surface area contributed by atoms with E-state index in [1.807, 2.05) is 0 Å². The second-order valence-corrected chi connectivity index (χ2v) is 4.80. The van der Waals surface area contributed by atoms with Crippen LogP contribution in [0.5, 0.6) is 0 Å². The van der Waals surface area contributed by atoms with Crippen LogP contribution in [0.25, 0.3) is 0 Å². The first kappa shape index (κ1) is 12.0. The molecule has 0 aromatic heterocycles. The Morgan fingerprint density at radius 2 is 2.00 bits per heavy atom. The zero-order valence-electron chi connectivity index (χ0n) is 9.55. The maximum Gasteiger partial charge on any atom is 0.0746 e. The number of nitrogens with one attached hydrogen (secondary N) is 1. The molecule has 0 aromatic carbocycles. The van der Waals surface area contributed by atoms with Gasteiger partial charge in [-0.25, -0.2) is 0 Å². The van der Waals surface area contributed by atoms with Crippen molar-refractivity contribution < 1.29 is 9.84 Å². The van der Waals surface area contributed by atoms with Gasteiger partial charge in [-0.2, -0.15) is 0 Å². The molecule has 0 radical (unpaired) electrons. The Morgan fingerprint density at radius 1 is 1.36 bits per heavy atom. The highest BCUT2D eigenvalue weighted by atomic mass is 16.5. The number of aliphatic hydroxyl groups is 1. The highest BCUT2D eigenvalue weighted by Crippen LogP contribution is 2.19. The van der Waals surface area contributed by atoms with Gasteiger partial charge >= 0.3 is 0 Å². The molecule has 0 saturated heterocycles. The molecule has 1 fully saturated rings. The lowest BCUT2D eigenvalue weighted by Crippen LogP contribution is -2.48. The minimum Gasteiger partial charge on any atom is -0.392 e. The van der Waals surface area contributed by atoms with Gasteiger partial charge in [-0.15, -0.1) is 0 Å². The first-order valence-electron chi connectivity index (χ1n) is 5.52. The smallest absolute Gasteiger partial charge is 0.0746 e. The molecule has 1 saturated carbocycles. The van der Waals surface area contributed by atoms with Crippen LogP contribution in [0.3, 0.4) is 0 Å². The fraction of sp³-hybridized carbons (Fsp3) is 1.00. The Hall–Kier alpha value is -0.120. The number of hydrogen-bond donors (Lipinski definition) is 2. The molecule has 1 aliphatic rings. The van der Waals surface area contributed by atoms with E-state index in [0.29, 0.717) is 0 Å². The summed E-state index contributed by atoms with van der Waals surface area (Å²) in [5.41, 5.74) is -0.142. The van der Waals surface area contributed by atoms with Crippen LogP contribution in [0.15, 0.2) is 0 Å². The summed E-state index contributed by atoms with van der Waals surface area (Å²) in [6, 6.07) is 0.262. The van der Waals surface area contributed by atoms with Crippen molar-refractivity contribution in [3.05, 3.63) is 0 Å². The summed E-state index contributed by atoms with van der Waals surface area (Å²) in [6.07, 6.45) is 4.23. The van der Waals surface area contributed by atoms with E-state index in [-0.39, 0.29) is 17.7 Å². The van der Waals surface area contributed by atoms with Crippen LogP contribution in [0.2, 0.25) is 0 Å². The average molecular weight is 201 g/mol. The topological polar surface area (TPSA) is 41.5 Å². The first-order chi connectivity index (χ1) is 6.55. The van der Waals surface area contributed by atoms with Crippen molar-refractivity contribution in [1.82, 2.24) is 5.32 Å². The Bertz CT molecular complexity index is 171. The summed E-state index contributed by atoms with van der Waals surface area (Å²) in [6.45, 7) is 4.90. The van der Waals surface area contributed by atoms with Crippen molar-refractivity contribution in [1.29, 1.82) is 0 Å². The van der Waals surface area contributed by atoms with Gasteiger partial charge in [0.25, 0.3) is 0 Å². The van der Waals surface area contributed by atoms with E-state index >= 15 is 0 Å². The maximum atomic E-state index is 9.74. The fourth-order valence-electron chi connectivity index (χ4n) is 1.80. The van der Waals surface area contributed by atoms with Gasteiger partial charge in [0, 0.05) is 19.7 Å². The minimum atomic E-state index is -0.170. The lowest BCUT2D eigenvalue weighted by atomic mass is 9.92. The Balaban J connectivity index is 2.29. The van der Waals surface area contributed by atoms with E-state index in [9.17, 15) is 5.11 Å². The van der Waals surface area contributed by atoms with E-state index in [1.54, 1.807) is 7.11 Å². The molecule has 0 unspecified atom stereocenters. The third-order valence-corrected chi connectivity index (χ3v) is 3.07. The van der Waals surface area contributed by atoms with Gasteiger partial charge in [0.05, 0.1) is 11.7 Å². The van der Waals surface area contributed by atoms with Gasteiger partial charge < -0.3 is 15.2 Å². The molecule has 1 aliphatic carbocycles.